The Morgan fingerprint density at radius 1 is 1.16 bits per heavy atom. The van der Waals surface area contributed by atoms with Crippen molar-refractivity contribution in [3.05, 3.63) is 29.8 Å². The molecule has 0 spiro atoms. The van der Waals surface area contributed by atoms with Crippen molar-refractivity contribution in [2.45, 2.75) is 39.0 Å². The Morgan fingerprint density at radius 3 is 2.47 bits per heavy atom. The molecule has 2 atom stereocenters. The zero-order chi connectivity index (χ0) is 13.5. The van der Waals surface area contributed by atoms with Gasteiger partial charge in [0.15, 0.2) is 0 Å². The van der Waals surface area contributed by atoms with E-state index in [4.69, 9.17) is 4.74 Å². The molecule has 1 aliphatic rings. The molecule has 1 aliphatic carbocycles. The lowest BCUT2D eigenvalue weighted by atomic mass is 9.71. The first kappa shape index (κ1) is 14.4. The third-order valence-electron chi connectivity index (χ3n) is 4.37. The predicted molar refractivity (Wildman–Crippen MR) is 80.7 cm³/mol. The molecule has 0 aromatic heterocycles. The summed E-state index contributed by atoms with van der Waals surface area (Å²) in [6.45, 7) is 4.62. The molecular formula is C17H27NO. The quantitative estimate of drug-likeness (QED) is 0.721. The van der Waals surface area contributed by atoms with Crippen LogP contribution in [0.2, 0.25) is 0 Å². The van der Waals surface area contributed by atoms with E-state index in [2.05, 4.69) is 36.5 Å². The van der Waals surface area contributed by atoms with Crippen LogP contribution >= 0.6 is 0 Å². The Labute approximate surface area is 117 Å². The van der Waals surface area contributed by atoms with E-state index in [9.17, 15) is 0 Å². The molecule has 2 unspecified atom stereocenters. The van der Waals surface area contributed by atoms with Crippen LogP contribution in [0.25, 0.3) is 0 Å². The van der Waals surface area contributed by atoms with Crippen LogP contribution in [-0.4, -0.2) is 20.2 Å². The van der Waals surface area contributed by atoms with Crippen LogP contribution in [0.4, 0.5) is 0 Å². The molecule has 1 N–H and O–H groups in total. The van der Waals surface area contributed by atoms with Gasteiger partial charge in [0.05, 0.1) is 7.11 Å². The van der Waals surface area contributed by atoms with Gasteiger partial charge >= 0.3 is 0 Å². The minimum Gasteiger partial charge on any atom is -0.497 e. The molecule has 1 fully saturated rings. The zero-order valence-electron chi connectivity index (χ0n) is 12.3. The first-order valence-electron chi connectivity index (χ1n) is 7.67. The maximum absolute atomic E-state index is 5.19. The van der Waals surface area contributed by atoms with Crippen LogP contribution < -0.4 is 10.1 Å². The molecule has 1 saturated carbocycles. The maximum atomic E-state index is 5.19. The Balaban J connectivity index is 1.69. The highest BCUT2D eigenvalue weighted by Gasteiger charge is 2.29. The first-order chi connectivity index (χ1) is 9.33. The second kappa shape index (κ2) is 7.54. The van der Waals surface area contributed by atoms with Gasteiger partial charge in [0.1, 0.15) is 5.75 Å². The SMILES string of the molecule is CCCNCC1CCC1CCc1ccc(OC)cc1. The molecule has 0 bridgehead atoms. The molecule has 106 valence electrons. The van der Waals surface area contributed by atoms with Crippen molar-refractivity contribution in [2.24, 2.45) is 11.8 Å². The summed E-state index contributed by atoms with van der Waals surface area (Å²) in [5.41, 5.74) is 1.44. The number of ether oxygens (including phenoxy) is 1. The Hall–Kier alpha value is -1.02. The van der Waals surface area contributed by atoms with Crippen molar-refractivity contribution < 1.29 is 4.74 Å². The fourth-order valence-electron chi connectivity index (χ4n) is 2.90. The molecule has 0 amide bonds. The highest BCUT2D eigenvalue weighted by molar-refractivity contribution is 5.27. The number of rotatable bonds is 8. The summed E-state index contributed by atoms with van der Waals surface area (Å²) in [6.07, 6.45) is 6.63. The molecule has 1 aromatic rings. The largest absolute Gasteiger partial charge is 0.497 e. The second-order valence-electron chi connectivity index (χ2n) is 5.69. The second-order valence-corrected chi connectivity index (χ2v) is 5.69. The van der Waals surface area contributed by atoms with Crippen molar-refractivity contribution in [1.29, 1.82) is 0 Å². The van der Waals surface area contributed by atoms with E-state index in [1.165, 1.54) is 50.8 Å². The molecule has 2 heteroatoms. The van der Waals surface area contributed by atoms with Crippen LogP contribution in [0.5, 0.6) is 5.75 Å². The van der Waals surface area contributed by atoms with Gasteiger partial charge in [0.2, 0.25) is 0 Å². The molecular weight excluding hydrogens is 234 g/mol. The van der Waals surface area contributed by atoms with Gasteiger partial charge in [-0.25, -0.2) is 0 Å². The normalized spacial score (nSPS) is 22.0. The average Bonchev–Trinajstić information content (AvgIpc) is 2.43. The van der Waals surface area contributed by atoms with E-state index in [0.29, 0.717) is 0 Å². The summed E-state index contributed by atoms with van der Waals surface area (Å²) < 4.78 is 5.19. The van der Waals surface area contributed by atoms with Gasteiger partial charge in [0.25, 0.3) is 0 Å². The van der Waals surface area contributed by atoms with Gasteiger partial charge in [-0.05, 0) is 74.7 Å². The number of hydrogen-bond donors (Lipinski definition) is 1. The van der Waals surface area contributed by atoms with Crippen molar-refractivity contribution in [3.8, 4) is 5.75 Å². The van der Waals surface area contributed by atoms with E-state index >= 15 is 0 Å². The van der Waals surface area contributed by atoms with Gasteiger partial charge in [-0.3, -0.25) is 0 Å². The lowest BCUT2D eigenvalue weighted by Gasteiger charge is -2.37. The molecule has 0 aliphatic heterocycles. The summed E-state index contributed by atoms with van der Waals surface area (Å²) in [5.74, 6) is 2.81. The number of nitrogens with one attached hydrogen (secondary N) is 1. The van der Waals surface area contributed by atoms with Gasteiger partial charge in [-0.15, -0.1) is 0 Å². The number of methoxy groups -OCH3 is 1. The number of hydrogen-bond acceptors (Lipinski definition) is 2. The van der Waals surface area contributed by atoms with E-state index in [0.717, 1.165) is 17.6 Å². The van der Waals surface area contributed by atoms with Gasteiger partial charge < -0.3 is 10.1 Å². The molecule has 2 nitrogen and oxygen atoms in total. The third-order valence-corrected chi connectivity index (χ3v) is 4.37. The summed E-state index contributed by atoms with van der Waals surface area (Å²) >= 11 is 0. The van der Waals surface area contributed by atoms with Crippen molar-refractivity contribution in [3.63, 3.8) is 0 Å². The van der Waals surface area contributed by atoms with E-state index in [1.54, 1.807) is 7.11 Å². The van der Waals surface area contributed by atoms with Crippen LogP contribution in [-0.2, 0) is 6.42 Å². The fourth-order valence-corrected chi connectivity index (χ4v) is 2.90. The lowest BCUT2D eigenvalue weighted by molar-refractivity contribution is 0.161. The number of benzene rings is 1. The Morgan fingerprint density at radius 2 is 1.89 bits per heavy atom. The molecule has 0 heterocycles. The molecule has 0 saturated heterocycles. The highest BCUT2D eigenvalue weighted by Crippen LogP contribution is 2.37. The van der Waals surface area contributed by atoms with Crippen molar-refractivity contribution in [1.82, 2.24) is 5.32 Å². The lowest BCUT2D eigenvalue weighted by Crippen LogP contribution is -2.35. The molecule has 1 aromatic carbocycles. The maximum Gasteiger partial charge on any atom is 0.118 e. The van der Waals surface area contributed by atoms with E-state index in [1.807, 2.05) is 0 Å². The first-order valence-corrected chi connectivity index (χ1v) is 7.67. The minimum absolute atomic E-state index is 0.921. The van der Waals surface area contributed by atoms with Crippen LogP contribution in [0.15, 0.2) is 24.3 Å². The zero-order valence-corrected chi connectivity index (χ0v) is 12.3. The Kier molecular flexibility index (Phi) is 5.71. The van der Waals surface area contributed by atoms with Crippen molar-refractivity contribution >= 4 is 0 Å². The summed E-state index contributed by atoms with van der Waals surface area (Å²) in [5, 5.41) is 3.56. The van der Waals surface area contributed by atoms with E-state index < -0.39 is 0 Å². The number of aryl methyl sites for hydroxylation is 1. The molecule has 19 heavy (non-hydrogen) atoms. The topological polar surface area (TPSA) is 21.3 Å². The molecule has 2 rings (SSSR count). The monoisotopic (exact) mass is 261 g/mol. The third kappa shape index (κ3) is 4.24. The van der Waals surface area contributed by atoms with Crippen LogP contribution in [0, 0.1) is 11.8 Å². The van der Waals surface area contributed by atoms with Crippen LogP contribution in [0.3, 0.4) is 0 Å². The standard InChI is InChI=1S/C17H27NO/c1-3-12-18-13-16-9-8-15(16)7-4-14-5-10-17(19-2)11-6-14/h5-6,10-11,15-16,18H,3-4,7-9,12-13H2,1-2H3. The van der Waals surface area contributed by atoms with Crippen LogP contribution in [0.1, 0.15) is 38.2 Å². The van der Waals surface area contributed by atoms with Gasteiger partial charge in [-0.2, -0.15) is 0 Å². The minimum atomic E-state index is 0.921. The fraction of sp³-hybridized carbons (Fsp3) is 0.647. The van der Waals surface area contributed by atoms with Gasteiger partial charge in [0, 0.05) is 0 Å². The smallest absolute Gasteiger partial charge is 0.118 e. The van der Waals surface area contributed by atoms with E-state index in [-0.39, 0.29) is 0 Å². The summed E-state index contributed by atoms with van der Waals surface area (Å²) in [7, 11) is 1.72. The average molecular weight is 261 g/mol. The van der Waals surface area contributed by atoms with Gasteiger partial charge in [-0.1, -0.05) is 19.1 Å². The summed E-state index contributed by atoms with van der Waals surface area (Å²) in [4.78, 5) is 0. The Bertz CT molecular complexity index is 360. The predicted octanol–water partition coefficient (Wildman–Crippen LogP) is 3.65. The summed E-state index contributed by atoms with van der Waals surface area (Å²) in [6, 6.07) is 8.52. The highest BCUT2D eigenvalue weighted by atomic mass is 16.5. The van der Waals surface area contributed by atoms with Crippen molar-refractivity contribution in [2.75, 3.05) is 20.2 Å². The molecule has 0 radical (unpaired) electrons.